The molecular weight excluding hydrogens is 561 g/mol. The average molecular weight is 582 g/mol. The van der Waals surface area contributed by atoms with E-state index in [1.165, 1.54) is 32.0 Å². The minimum atomic E-state index is -3.86. The molecule has 0 unspecified atom stereocenters. The highest BCUT2D eigenvalue weighted by atomic mass is 79.9. The van der Waals surface area contributed by atoms with Gasteiger partial charge in [-0.2, -0.15) is 9.97 Å². The van der Waals surface area contributed by atoms with Crippen molar-refractivity contribution in [2.75, 3.05) is 14.2 Å². The number of hydrogen-bond donors (Lipinski definition) is 0. The predicted octanol–water partition coefficient (Wildman–Crippen LogP) is 3.13. The summed E-state index contributed by atoms with van der Waals surface area (Å²) < 4.78 is 58.5. The van der Waals surface area contributed by atoms with Crippen molar-refractivity contribution in [3.8, 4) is 29.0 Å². The zero-order valence-electron chi connectivity index (χ0n) is 19.6. The van der Waals surface area contributed by atoms with Gasteiger partial charge in [-0.05, 0) is 35.0 Å². The molecule has 4 heterocycles. The maximum atomic E-state index is 13.5. The second-order valence-electron chi connectivity index (χ2n) is 7.68. The predicted molar refractivity (Wildman–Crippen MR) is 128 cm³/mol. The van der Waals surface area contributed by atoms with Gasteiger partial charge in [0.2, 0.25) is 17.6 Å². The Morgan fingerprint density at radius 2 is 1.69 bits per heavy atom. The summed E-state index contributed by atoms with van der Waals surface area (Å²) in [4.78, 5) is 16.1. The third-order valence-corrected chi connectivity index (χ3v) is 8.17. The Morgan fingerprint density at radius 3 is 2.25 bits per heavy atom. The zero-order valence-corrected chi connectivity index (χ0v) is 22.0. The van der Waals surface area contributed by atoms with Gasteiger partial charge >= 0.3 is 0 Å². The third kappa shape index (κ3) is 4.93. The minimum Gasteiger partial charge on any atom is -0.479 e. The molecule has 4 rings (SSSR count). The molecule has 4 aromatic rings. The van der Waals surface area contributed by atoms with Gasteiger partial charge in [0.25, 0.3) is 0 Å². The number of halogens is 2. The summed E-state index contributed by atoms with van der Waals surface area (Å²) in [6.45, 7) is 3.19. The fourth-order valence-electron chi connectivity index (χ4n) is 3.47. The van der Waals surface area contributed by atoms with Gasteiger partial charge in [0.15, 0.2) is 37.6 Å². The Kier molecular flexibility index (Phi) is 7.31. The van der Waals surface area contributed by atoms with Crippen LogP contribution < -0.4 is 9.47 Å². The maximum absolute atomic E-state index is 13.5. The summed E-state index contributed by atoms with van der Waals surface area (Å²) in [6.07, 6.45) is 3.24. The van der Waals surface area contributed by atoms with E-state index in [0.29, 0.717) is 10.4 Å². The average Bonchev–Trinajstić information content (AvgIpc) is 3.48. The van der Waals surface area contributed by atoms with E-state index >= 15 is 0 Å². The second-order valence-corrected chi connectivity index (χ2v) is 10.8. The van der Waals surface area contributed by atoms with Crippen LogP contribution in [0, 0.1) is 5.82 Å². The Labute approximate surface area is 214 Å². The highest BCUT2D eigenvalue weighted by Gasteiger charge is 2.33. The summed E-state index contributed by atoms with van der Waals surface area (Å²) >= 11 is 3.25. The van der Waals surface area contributed by atoms with Crippen LogP contribution in [0.15, 0.2) is 39.9 Å². The van der Waals surface area contributed by atoms with E-state index in [4.69, 9.17) is 13.9 Å². The normalized spacial score (nSPS) is 13.4. The maximum Gasteiger partial charge on any atom is 0.245 e. The van der Waals surface area contributed by atoms with Crippen LogP contribution in [-0.2, 0) is 15.6 Å². The van der Waals surface area contributed by atoms with Crippen LogP contribution in [0.25, 0.3) is 17.3 Å². The summed E-state index contributed by atoms with van der Waals surface area (Å²) in [5.74, 6) is -0.821. The molecule has 190 valence electrons. The number of ether oxygens (including phenoxy) is 2. The molecule has 4 aromatic heterocycles. The van der Waals surface area contributed by atoms with Crippen LogP contribution >= 0.6 is 15.9 Å². The highest BCUT2D eigenvalue weighted by molar-refractivity contribution is 9.10. The molecule has 2 atom stereocenters. The Hall–Kier alpha value is -3.46. The van der Waals surface area contributed by atoms with Gasteiger partial charge in [0, 0.05) is 5.92 Å². The Balaban J connectivity index is 1.81. The Morgan fingerprint density at radius 1 is 1.06 bits per heavy atom. The molecule has 0 aromatic carbocycles. The van der Waals surface area contributed by atoms with Crippen molar-refractivity contribution in [2.24, 2.45) is 0 Å². The lowest BCUT2D eigenvalue weighted by Crippen LogP contribution is -2.27. The summed E-state index contributed by atoms with van der Waals surface area (Å²) in [7, 11) is -1.05. The molecule has 0 saturated heterocycles. The summed E-state index contributed by atoms with van der Waals surface area (Å²) in [6, 6.07) is 3.30. The van der Waals surface area contributed by atoms with Gasteiger partial charge in [-0.25, -0.2) is 22.8 Å². The van der Waals surface area contributed by atoms with Crippen molar-refractivity contribution >= 4 is 25.8 Å². The molecule has 12 nitrogen and oxygen atoms in total. The number of aromatic nitrogens is 7. The third-order valence-electron chi connectivity index (χ3n) is 5.54. The van der Waals surface area contributed by atoms with Crippen molar-refractivity contribution in [3.05, 3.63) is 53.0 Å². The first-order valence-corrected chi connectivity index (χ1v) is 13.0. The molecule has 0 N–H and O–H groups in total. The van der Waals surface area contributed by atoms with Gasteiger partial charge < -0.3 is 13.9 Å². The van der Waals surface area contributed by atoms with E-state index in [0.717, 1.165) is 12.4 Å². The van der Waals surface area contributed by atoms with Gasteiger partial charge in [0.05, 0.1) is 31.9 Å². The molecule has 0 aliphatic carbocycles. The van der Waals surface area contributed by atoms with Crippen molar-refractivity contribution in [1.82, 2.24) is 34.7 Å². The number of nitrogens with zero attached hydrogens (tertiary/aromatic N) is 7. The van der Waals surface area contributed by atoms with Crippen LogP contribution in [-0.4, -0.2) is 62.6 Å². The number of rotatable bonds is 9. The van der Waals surface area contributed by atoms with Crippen molar-refractivity contribution < 1.29 is 26.7 Å². The Bertz CT molecular complexity index is 1450. The molecule has 0 amide bonds. The first kappa shape index (κ1) is 25.6. The summed E-state index contributed by atoms with van der Waals surface area (Å²) in [5, 5.41) is 7.40. The SMILES string of the molecule is COc1ncnc(OC)c1-n1c(CS(=O)(=O)[C@@H](C)[C@H](C)c2ncc(F)cn2)nnc1-c1ccc(Br)o1. The monoisotopic (exact) mass is 581 g/mol. The van der Waals surface area contributed by atoms with Crippen LogP contribution in [0.2, 0.25) is 0 Å². The van der Waals surface area contributed by atoms with Crippen LogP contribution in [0.3, 0.4) is 0 Å². The minimum absolute atomic E-state index is 0.0444. The van der Waals surface area contributed by atoms with Crippen LogP contribution in [0.5, 0.6) is 11.8 Å². The number of furan rings is 1. The van der Waals surface area contributed by atoms with Gasteiger partial charge in [-0.3, -0.25) is 4.57 Å². The number of sulfone groups is 1. The molecule has 0 aliphatic rings. The van der Waals surface area contributed by atoms with Crippen molar-refractivity contribution in [2.45, 2.75) is 30.8 Å². The fourth-order valence-corrected chi connectivity index (χ4v) is 5.33. The topological polar surface area (TPSA) is 148 Å². The first-order chi connectivity index (χ1) is 17.2. The quantitative estimate of drug-likeness (QED) is 0.287. The lowest BCUT2D eigenvalue weighted by Gasteiger charge is -2.20. The van der Waals surface area contributed by atoms with E-state index < -0.39 is 32.6 Å². The smallest absolute Gasteiger partial charge is 0.245 e. The second kappa shape index (κ2) is 10.3. The van der Waals surface area contributed by atoms with E-state index in [9.17, 15) is 12.8 Å². The standard InChI is InChI=1S/C21H21BrFN7O5S/c1-11(18-24-7-13(23)8-25-18)12(2)36(31,32)9-16-28-29-19(14-5-6-15(22)35-14)30(16)17-20(33-3)26-10-27-21(17)34-4/h5-8,10-12H,9H2,1-4H3/t11-,12-/m0/s1. The molecule has 15 heteroatoms. The molecule has 0 radical (unpaired) electrons. The van der Waals surface area contributed by atoms with E-state index in [2.05, 4.69) is 46.1 Å². The molecule has 0 bridgehead atoms. The fraction of sp³-hybridized carbons (Fsp3) is 0.333. The molecule has 0 saturated carbocycles. The van der Waals surface area contributed by atoms with E-state index in [-0.39, 0.29) is 34.9 Å². The van der Waals surface area contributed by atoms with E-state index in [1.807, 2.05) is 0 Å². The lowest BCUT2D eigenvalue weighted by molar-refractivity contribution is 0.368. The molecule has 36 heavy (non-hydrogen) atoms. The first-order valence-electron chi connectivity index (χ1n) is 10.5. The van der Waals surface area contributed by atoms with Crippen molar-refractivity contribution in [1.29, 1.82) is 0 Å². The summed E-state index contributed by atoms with van der Waals surface area (Å²) in [5.41, 5.74) is 0.197. The van der Waals surface area contributed by atoms with Crippen LogP contribution in [0.1, 0.15) is 31.4 Å². The molecular formula is C21H21BrFN7O5S. The molecule has 0 fully saturated rings. The number of hydrogen-bond acceptors (Lipinski definition) is 11. The van der Waals surface area contributed by atoms with E-state index in [1.54, 1.807) is 19.1 Å². The molecule has 0 aliphatic heterocycles. The highest BCUT2D eigenvalue weighted by Crippen LogP contribution is 2.35. The molecule has 0 spiro atoms. The van der Waals surface area contributed by atoms with Gasteiger partial charge in [-0.1, -0.05) is 6.92 Å². The van der Waals surface area contributed by atoms with Gasteiger partial charge in [0.1, 0.15) is 17.9 Å². The lowest BCUT2D eigenvalue weighted by atomic mass is 10.1. The van der Waals surface area contributed by atoms with Crippen molar-refractivity contribution in [3.63, 3.8) is 0 Å². The largest absolute Gasteiger partial charge is 0.479 e. The van der Waals surface area contributed by atoms with Gasteiger partial charge in [-0.15, -0.1) is 10.2 Å². The zero-order chi connectivity index (χ0) is 26.0. The number of methoxy groups -OCH3 is 2. The van der Waals surface area contributed by atoms with Crippen LogP contribution in [0.4, 0.5) is 4.39 Å².